The van der Waals surface area contributed by atoms with Crippen molar-refractivity contribution < 1.29 is 13.9 Å². The molecule has 0 saturated heterocycles. The van der Waals surface area contributed by atoms with E-state index in [-0.39, 0.29) is 12.5 Å². The maximum absolute atomic E-state index is 12.0. The third kappa shape index (κ3) is 5.67. The van der Waals surface area contributed by atoms with E-state index in [1.807, 2.05) is 42.5 Å². The highest BCUT2D eigenvalue weighted by Gasteiger charge is 2.10. The summed E-state index contributed by atoms with van der Waals surface area (Å²) in [6, 6.07) is 17.7. The van der Waals surface area contributed by atoms with Crippen molar-refractivity contribution in [1.29, 1.82) is 0 Å². The fourth-order valence-electron chi connectivity index (χ4n) is 2.72. The topological polar surface area (TPSA) is 77.3 Å². The molecule has 1 amide bonds. The Labute approximate surface area is 158 Å². The van der Waals surface area contributed by atoms with E-state index in [0.29, 0.717) is 18.2 Å². The van der Waals surface area contributed by atoms with Crippen LogP contribution in [0, 0.1) is 0 Å². The molecule has 3 aromatic rings. The molecule has 1 heterocycles. The third-order valence-corrected chi connectivity index (χ3v) is 4.18. The van der Waals surface area contributed by atoms with Crippen molar-refractivity contribution in [2.45, 2.75) is 32.2 Å². The lowest BCUT2D eigenvalue weighted by Gasteiger charge is -2.03. The van der Waals surface area contributed by atoms with Gasteiger partial charge in [-0.15, -0.1) is 10.2 Å². The van der Waals surface area contributed by atoms with Gasteiger partial charge in [0.2, 0.25) is 17.7 Å². The molecule has 2 aromatic carbocycles. The molecule has 140 valence electrons. The fourth-order valence-corrected chi connectivity index (χ4v) is 2.72. The molecule has 27 heavy (non-hydrogen) atoms. The number of amides is 1. The van der Waals surface area contributed by atoms with Crippen molar-refractivity contribution in [1.82, 2.24) is 15.5 Å². The molecule has 6 nitrogen and oxygen atoms in total. The van der Waals surface area contributed by atoms with E-state index < -0.39 is 0 Å². The molecule has 0 radical (unpaired) electrons. The highest BCUT2D eigenvalue weighted by atomic mass is 16.5. The van der Waals surface area contributed by atoms with Gasteiger partial charge in [0.25, 0.3) is 0 Å². The van der Waals surface area contributed by atoms with Gasteiger partial charge in [0.1, 0.15) is 5.75 Å². The first-order valence-corrected chi connectivity index (χ1v) is 9.02. The standard InChI is InChI=1S/C21H23N3O3/c1-26-18-12-7-11-17(14-18)21-24-23-20(27-21)15-22-19(25)13-6-5-10-16-8-3-2-4-9-16/h2-4,7-9,11-12,14H,5-6,10,13,15H2,1H3,(H,22,25). The van der Waals surface area contributed by atoms with E-state index in [4.69, 9.17) is 9.15 Å². The quantitative estimate of drug-likeness (QED) is 0.584. The number of ether oxygens (including phenoxy) is 1. The Morgan fingerprint density at radius 2 is 1.93 bits per heavy atom. The molecule has 6 heteroatoms. The molecule has 3 rings (SSSR count). The monoisotopic (exact) mass is 365 g/mol. The number of unbranched alkanes of at least 4 members (excludes halogenated alkanes) is 1. The van der Waals surface area contributed by atoms with Crippen LogP contribution in [0.25, 0.3) is 11.5 Å². The number of nitrogens with zero attached hydrogens (tertiary/aromatic N) is 2. The van der Waals surface area contributed by atoms with Crippen molar-refractivity contribution in [3.8, 4) is 17.2 Å². The second kappa shape index (κ2) is 9.52. The van der Waals surface area contributed by atoms with Crippen molar-refractivity contribution >= 4 is 5.91 Å². The Balaban J connectivity index is 1.41. The lowest BCUT2D eigenvalue weighted by molar-refractivity contribution is -0.121. The van der Waals surface area contributed by atoms with Crippen LogP contribution in [0.2, 0.25) is 0 Å². The molecule has 0 aliphatic rings. The molecule has 0 aliphatic carbocycles. The Hall–Kier alpha value is -3.15. The van der Waals surface area contributed by atoms with E-state index >= 15 is 0 Å². The number of carbonyl (C=O) groups excluding carboxylic acids is 1. The van der Waals surface area contributed by atoms with Gasteiger partial charge in [-0.25, -0.2) is 0 Å². The molecule has 0 saturated carbocycles. The minimum atomic E-state index is -0.0100. The Morgan fingerprint density at radius 1 is 1.07 bits per heavy atom. The average Bonchev–Trinajstić information content (AvgIpc) is 3.20. The summed E-state index contributed by atoms with van der Waals surface area (Å²) < 4.78 is 10.8. The second-order valence-electron chi connectivity index (χ2n) is 6.20. The number of methoxy groups -OCH3 is 1. The lowest BCUT2D eigenvalue weighted by Crippen LogP contribution is -2.22. The van der Waals surface area contributed by atoms with E-state index in [1.165, 1.54) is 5.56 Å². The summed E-state index contributed by atoms with van der Waals surface area (Å²) in [7, 11) is 1.60. The van der Waals surface area contributed by atoms with Crippen LogP contribution in [0.1, 0.15) is 30.7 Å². The average molecular weight is 365 g/mol. The van der Waals surface area contributed by atoms with Gasteiger partial charge in [0.15, 0.2) is 0 Å². The minimum Gasteiger partial charge on any atom is -0.497 e. The van der Waals surface area contributed by atoms with E-state index in [9.17, 15) is 4.79 Å². The number of benzene rings is 2. The second-order valence-corrected chi connectivity index (χ2v) is 6.20. The van der Waals surface area contributed by atoms with Crippen molar-refractivity contribution in [2.24, 2.45) is 0 Å². The number of hydrogen-bond acceptors (Lipinski definition) is 5. The zero-order chi connectivity index (χ0) is 18.9. The third-order valence-electron chi connectivity index (χ3n) is 4.18. The van der Waals surface area contributed by atoms with Gasteiger partial charge in [0.05, 0.1) is 13.7 Å². The zero-order valence-electron chi connectivity index (χ0n) is 15.4. The van der Waals surface area contributed by atoms with Crippen molar-refractivity contribution in [2.75, 3.05) is 7.11 Å². The van der Waals surface area contributed by atoms with Gasteiger partial charge in [-0.05, 0) is 43.0 Å². The lowest BCUT2D eigenvalue weighted by atomic mass is 10.1. The van der Waals surface area contributed by atoms with E-state index in [1.54, 1.807) is 7.11 Å². The summed E-state index contributed by atoms with van der Waals surface area (Å²) >= 11 is 0. The van der Waals surface area contributed by atoms with Gasteiger partial charge in [-0.2, -0.15) is 0 Å². The van der Waals surface area contributed by atoms with Gasteiger partial charge >= 0.3 is 0 Å². The molecule has 1 aromatic heterocycles. The fraction of sp³-hybridized carbons (Fsp3) is 0.286. The van der Waals surface area contributed by atoms with E-state index in [2.05, 4.69) is 27.6 Å². The largest absolute Gasteiger partial charge is 0.497 e. The number of aryl methyl sites for hydroxylation is 1. The van der Waals surface area contributed by atoms with Crippen molar-refractivity contribution in [3.05, 3.63) is 66.1 Å². The normalized spacial score (nSPS) is 10.6. The van der Waals surface area contributed by atoms with Crippen LogP contribution in [0.4, 0.5) is 0 Å². The van der Waals surface area contributed by atoms with Crippen LogP contribution in [0.3, 0.4) is 0 Å². The van der Waals surface area contributed by atoms with Gasteiger partial charge < -0.3 is 14.5 Å². The summed E-state index contributed by atoms with van der Waals surface area (Å²) in [4.78, 5) is 12.0. The van der Waals surface area contributed by atoms with Crippen LogP contribution in [0.15, 0.2) is 59.0 Å². The Morgan fingerprint density at radius 3 is 2.74 bits per heavy atom. The van der Waals surface area contributed by atoms with Crippen molar-refractivity contribution in [3.63, 3.8) is 0 Å². The molecule has 1 N–H and O–H groups in total. The van der Waals surface area contributed by atoms with Crippen LogP contribution < -0.4 is 10.1 Å². The summed E-state index contributed by atoms with van der Waals surface area (Å²) in [5.74, 6) is 1.49. The molecule has 0 fully saturated rings. The predicted molar refractivity (Wildman–Crippen MR) is 102 cm³/mol. The molecule has 0 atom stereocenters. The number of nitrogens with one attached hydrogen (secondary N) is 1. The maximum atomic E-state index is 12.0. The first kappa shape index (κ1) is 18.6. The number of carbonyl (C=O) groups is 1. The van der Waals surface area contributed by atoms with Crippen LogP contribution in [-0.4, -0.2) is 23.2 Å². The summed E-state index contributed by atoms with van der Waals surface area (Å²) in [5.41, 5.74) is 2.08. The first-order chi connectivity index (χ1) is 13.2. The Kier molecular flexibility index (Phi) is 6.57. The summed E-state index contributed by atoms with van der Waals surface area (Å²) in [6.07, 6.45) is 3.31. The molecule has 0 bridgehead atoms. The van der Waals surface area contributed by atoms with Gasteiger partial charge in [-0.1, -0.05) is 36.4 Å². The van der Waals surface area contributed by atoms with Crippen LogP contribution in [-0.2, 0) is 17.8 Å². The first-order valence-electron chi connectivity index (χ1n) is 9.02. The summed E-state index contributed by atoms with van der Waals surface area (Å²) in [5, 5.41) is 10.8. The van der Waals surface area contributed by atoms with E-state index in [0.717, 1.165) is 30.6 Å². The number of aromatic nitrogens is 2. The van der Waals surface area contributed by atoms with Crippen LogP contribution >= 0.6 is 0 Å². The number of rotatable bonds is 9. The number of hydrogen-bond donors (Lipinski definition) is 1. The molecule has 0 unspecified atom stereocenters. The maximum Gasteiger partial charge on any atom is 0.247 e. The van der Waals surface area contributed by atoms with Gasteiger partial charge in [0, 0.05) is 12.0 Å². The molecular weight excluding hydrogens is 342 g/mol. The Bertz CT molecular complexity index is 862. The molecular formula is C21H23N3O3. The minimum absolute atomic E-state index is 0.0100. The summed E-state index contributed by atoms with van der Waals surface area (Å²) in [6.45, 7) is 0.231. The van der Waals surface area contributed by atoms with Gasteiger partial charge in [-0.3, -0.25) is 4.79 Å². The highest BCUT2D eigenvalue weighted by molar-refractivity contribution is 5.75. The highest BCUT2D eigenvalue weighted by Crippen LogP contribution is 2.22. The SMILES string of the molecule is COc1cccc(-c2nnc(CNC(=O)CCCCc3ccccc3)o2)c1. The smallest absolute Gasteiger partial charge is 0.247 e. The molecule has 0 aliphatic heterocycles. The predicted octanol–water partition coefficient (Wildman–Crippen LogP) is 3.77. The van der Waals surface area contributed by atoms with Crippen LogP contribution in [0.5, 0.6) is 5.75 Å². The zero-order valence-corrected chi connectivity index (χ0v) is 15.4. The molecule has 0 spiro atoms.